The van der Waals surface area contributed by atoms with Gasteiger partial charge in [0.1, 0.15) is 5.75 Å². The van der Waals surface area contributed by atoms with Crippen molar-refractivity contribution in [3.63, 3.8) is 0 Å². The molecule has 0 fully saturated rings. The van der Waals surface area contributed by atoms with Crippen molar-refractivity contribution in [1.29, 1.82) is 0 Å². The summed E-state index contributed by atoms with van der Waals surface area (Å²) in [7, 11) is 6.01. The largest absolute Gasteiger partial charge is 0.496 e. The summed E-state index contributed by atoms with van der Waals surface area (Å²) in [4.78, 5) is 5.79. The van der Waals surface area contributed by atoms with Crippen LogP contribution in [0.3, 0.4) is 0 Å². The number of fused-ring (bicyclic) bond motifs is 3. The van der Waals surface area contributed by atoms with Gasteiger partial charge in [-0.15, -0.1) is 0 Å². The van der Waals surface area contributed by atoms with E-state index in [0.717, 1.165) is 34.5 Å². The molecule has 19 heavy (non-hydrogen) atoms. The normalized spacial score (nSPS) is 18.9. The van der Waals surface area contributed by atoms with Crippen LogP contribution in [-0.2, 0) is 12.8 Å². The van der Waals surface area contributed by atoms with E-state index in [1.807, 2.05) is 12.1 Å². The van der Waals surface area contributed by atoms with Crippen LogP contribution in [0.2, 0.25) is 5.02 Å². The minimum atomic E-state index is 0.593. The lowest BCUT2D eigenvalue weighted by Crippen LogP contribution is -2.33. The minimum absolute atomic E-state index is 0.593. The van der Waals surface area contributed by atoms with E-state index in [2.05, 4.69) is 24.0 Å². The van der Waals surface area contributed by atoms with Gasteiger partial charge in [-0.3, -0.25) is 0 Å². The van der Waals surface area contributed by atoms with E-state index in [-0.39, 0.29) is 0 Å². The number of halogens is 1. The van der Waals surface area contributed by atoms with Gasteiger partial charge in [0.05, 0.1) is 17.6 Å². The molecule has 1 aromatic heterocycles. The van der Waals surface area contributed by atoms with Crippen LogP contribution < -0.4 is 4.74 Å². The Morgan fingerprint density at radius 2 is 2.16 bits per heavy atom. The van der Waals surface area contributed by atoms with E-state index in [4.69, 9.17) is 16.3 Å². The summed E-state index contributed by atoms with van der Waals surface area (Å²) in [5.41, 5.74) is 3.71. The zero-order valence-electron chi connectivity index (χ0n) is 11.6. The predicted octanol–water partition coefficient (Wildman–Crippen LogP) is 3.25. The van der Waals surface area contributed by atoms with E-state index in [1.54, 1.807) is 7.11 Å². The van der Waals surface area contributed by atoms with E-state index >= 15 is 0 Å². The van der Waals surface area contributed by atoms with Crippen LogP contribution in [0.4, 0.5) is 0 Å². The first-order valence-electron chi connectivity index (χ1n) is 6.64. The molecule has 0 bridgehead atoms. The Bertz CT molecular complexity index is 618. The number of aromatic nitrogens is 1. The van der Waals surface area contributed by atoms with Gasteiger partial charge in [0, 0.05) is 17.1 Å². The van der Waals surface area contributed by atoms with E-state index in [1.165, 1.54) is 17.7 Å². The topological polar surface area (TPSA) is 28.3 Å². The number of benzene rings is 1. The molecule has 0 radical (unpaired) electrons. The third kappa shape index (κ3) is 2.01. The maximum absolute atomic E-state index is 6.31. The summed E-state index contributed by atoms with van der Waals surface area (Å²) < 4.78 is 5.51. The highest BCUT2D eigenvalue weighted by Crippen LogP contribution is 2.38. The minimum Gasteiger partial charge on any atom is -0.496 e. The number of hydrogen-bond acceptors (Lipinski definition) is 2. The van der Waals surface area contributed by atoms with Gasteiger partial charge in [-0.25, -0.2) is 0 Å². The summed E-state index contributed by atoms with van der Waals surface area (Å²) in [6.45, 7) is 0. The van der Waals surface area contributed by atoms with Crippen LogP contribution in [0.15, 0.2) is 12.1 Å². The maximum Gasteiger partial charge on any atom is 0.128 e. The van der Waals surface area contributed by atoms with Crippen molar-refractivity contribution in [2.45, 2.75) is 25.3 Å². The van der Waals surface area contributed by atoms with Crippen molar-refractivity contribution >= 4 is 22.5 Å². The van der Waals surface area contributed by atoms with Crippen molar-refractivity contribution in [3.05, 3.63) is 28.4 Å². The maximum atomic E-state index is 6.31. The lowest BCUT2D eigenvalue weighted by Gasteiger charge is -2.28. The molecular formula is C15H19ClN2O. The van der Waals surface area contributed by atoms with Crippen LogP contribution >= 0.6 is 11.6 Å². The Morgan fingerprint density at radius 1 is 1.37 bits per heavy atom. The standard InChI is InChI=1S/C15H19ClN2O/c1-18(2)9-4-6-12-10(8-9)14-13(19-3)7-5-11(16)15(14)17-12/h5,7,9,17H,4,6,8H2,1-3H3. The van der Waals surface area contributed by atoms with Gasteiger partial charge in [0.2, 0.25) is 0 Å². The second kappa shape index (κ2) is 4.73. The molecule has 0 amide bonds. The number of H-pyrrole nitrogens is 1. The van der Waals surface area contributed by atoms with E-state index in [0.29, 0.717) is 6.04 Å². The summed E-state index contributed by atoms with van der Waals surface area (Å²) >= 11 is 6.31. The second-order valence-electron chi connectivity index (χ2n) is 5.44. The first kappa shape index (κ1) is 12.8. The fourth-order valence-corrected chi connectivity index (χ4v) is 3.26. The predicted molar refractivity (Wildman–Crippen MR) is 79.4 cm³/mol. The fraction of sp³-hybridized carbons (Fsp3) is 0.467. The average molecular weight is 279 g/mol. The zero-order chi connectivity index (χ0) is 13.6. The Hall–Kier alpha value is -1.19. The highest BCUT2D eigenvalue weighted by atomic mass is 35.5. The second-order valence-corrected chi connectivity index (χ2v) is 5.85. The summed E-state index contributed by atoms with van der Waals surface area (Å²) in [5.74, 6) is 0.913. The van der Waals surface area contributed by atoms with Gasteiger partial charge in [-0.05, 0) is 51.1 Å². The molecule has 1 aliphatic rings. The van der Waals surface area contributed by atoms with Crippen LogP contribution in [0.5, 0.6) is 5.75 Å². The fourth-order valence-electron chi connectivity index (χ4n) is 3.06. The monoisotopic (exact) mass is 278 g/mol. The number of methoxy groups -OCH3 is 1. The Labute approximate surface area is 118 Å². The number of hydrogen-bond donors (Lipinski definition) is 1. The van der Waals surface area contributed by atoms with E-state index < -0.39 is 0 Å². The molecule has 2 aromatic rings. The van der Waals surface area contributed by atoms with Crippen molar-refractivity contribution in [2.75, 3.05) is 21.2 Å². The lowest BCUT2D eigenvalue weighted by molar-refractivity contribution is 0.268. The van der Waals surface area contributed by atoms with Crippen molar-refractivity contribution in [2.24, 2.45) is 0 Å². The smallest absolute Gasteiger partial charge is 0.128 e. The van der Waals surface area contributed by atoms with Crippen LogP contribution in [0.1, 0.15) is 17.7 Å². The molecule has 3 nitrogen and oxygen atoms in total. The number of ether oxygens (including phenoxy) is 1. The highest BCUT2D eigenvalue weighted by Gasteiger charge is 2.26. The van der Waals surface area contributed by atoms with Crippen LogP contribution in [0.25, 0.3) is 10.9 Å². The number of rotatable bonds is 2. The molecule has 1 N–H and O–H groups in total. The quantitative estimate of drug-likeness (QED) is 0.913. The zero-order valence-corrected chi connectivity index (χ0v) is 12.3. The van der Waals surface area contributed by atoms with Gasteiger partial charge in [0.15, 0.2) is 0 Å². The molecule has 1 unspecified atom stereocenters. The first-order valence-corrected chi connectivity index (χ1v) is 7.02. The van der Waals surface area contributed by atoms with Gasteiger partial charge in [-0.1, -0.05) is 11.6 Å². The van der Waals surface area contributed by atoms with Gasteiger partial charge in [0.25, 0.3) is 0 Å². The number of nitrogens with one attached hydrogen (secondary N) is 1. The molecule has 0 saturated carbocycles. The third-order valence-corrected chi connectivity index (χ3v) is 4.49. The Balaban J connectivity index is 2.19. The number of aryl methyl sites for hydroxylation is 1. The van der Waals surface area contributed by atoms with Crippen LogP contribution in [0, 0.1) is 0 Å². The van der Waals surface area contributed by atoms with Gasteiger partial charge < -0.3 is 14.6 Å². The molecule has 1 atom stereocenters. The number of aromatic amines is 1. The SMILES string of the molecule is COc1ccc(Cl)c2[nH]c3c(c12)CC(N(C)C)CC3. The third-order valence-electron chi connectivity index (χ3n) is 4.18. The molecule has 4 heteroatoms. The van der Waals surface area contributed by atoms with E-state index in [9.17, 15) is 0 Å². The van der Waals surface area contributed by atoms with Crippen LogP contribution in [-0.4, -0.2) is 37.1 Å². The molecule has 0 spiro atoms. The molecule has 1 heterocycles. The average Bonchev–Trinajstić information content (AvgIpc) is 2.79. The highest BCUT2D eigenvalue weighted by molar-refractivity contribution is 6.35. The molecule has 102 valence electrons. The molecule has 1 aliphatic carbocycles. The van der Waals surface area contributed by atoms with Crippen molar-refractivity contribution in [1.82, 2.24) is 9.88 Å². The molecular weight excluding hydrogens is 260 g/mol. The summed E-state index contributed by atoms with van der Waals surface area (Å²) in [6, 6.07) is 4.45. The van der Waals surface area contributed by atoms with Gasteiger partial charge in [-0.2, -0.15) is 0 Å². The van der Waals surface area contributed by atoms with Crippen molar-refractivity contribution in [3.8, 4) is 5.75 Å². The molecule has 0 saturated heterocycles. The molecule has 0 aliphatic heterocycles. The lowest BCUT2D eigenvalue weighted by atomic mass is 9.90. The molecule has 3 rings (SSSR count). The Kier molecular flexibility index (Phi) is 3.19. The molecule has 1 aromatic carbocycles. The Morgan fingerprint density at radius 3 is 2.84 bits per heavy atom. The van der Waals surface area contributed by atoms with Crippen molar-refractivity contribution < 1.29 is 4.74 Å². The summed E-state index contributed by atoms with van der Waals surface area (Å²) in [6.07, 6.45) is 3.32. The summed E-state index contributed by atoms with van der Waals surface area (Å²) in [5, 5.41) is 1.93. The van der Waals surface area contributed by atoms with Gasteiger partial charge >= 0.3 is 0 Å². The first-order chi connectivity index (χ1) is 9.11. The number of likely N-dealkylation sites (N-methyl/N-ethyl adjacent to an activating group) is 1. The number of nitrogens with zero attached hydrogens (tertiary/aromatic N) is 1.